The summed E-state index contributed by atoms with van der Waals surface area (Å²) in [5.41, 5.74) is 3.13. The molecule has 9 heavy (non-hydrogen) atoms. The molecule has 1 rings (SSSR count). The summed E-state index contributed by atoms with van der Waals surface area (Å²) in [5.74, 6) is -0.680. The molecule has 0 spiro atoms. The van der Waals surface area contributed by atoms with Crippen molar-refractivity contribution in [1.29, 1.82) is 0 Å². The molecule has 0 aromatic rings. The first-order valence-electron chi connectivity index (χ1n) is 2.63. The van der Waals surface area contributed by atoms with Crippen LogP contribution in [0.3, 0.4) is 0 Å². The van der Waals surface area contributed by atoms with Crippen LogP contribution in [0.1, 0.15) is 6.42 Å². The molecule has 50 valence electrons. The molecule has 2 N–H and O–H groups in total. The quantitative estimate of drug-likeness (QED) is 0.602. The lowest BCUT2D eigenvalue weighted by atomic mass is 10.2. The molecule has 1 aliphatic carbocycles. The molecule has 1 nitrogen and oxygen atoms in total. The van der Waals surface area contributed by atoms with Gasteiger partial charge in [0, 0.05) is 6.42 Å². The zero-order chi connectivity index (χ0) is 6.91. The Morgan fingerprint density at radius 2 is 2.33 bits per heavy atom. The molecule has 3 heteroatoms. The highest BCUT2D eigenvalue weighted by atomic mass is 19.2. The zero-order valence-electron chi connectivity index (χ0n) is 4.77. The molecular weight excluding hydrogens is 124 g/mol. The summed E-state index contributed by atoms with van der Waals surface area (Å²) in [6.45, 7) is 0. The smallest absolute Gasteiger partial charge is 0.186 e. The van der Waals surface area contributed by atoms with Gasteiger partial charge >= 0.3 is 0 Å². The van der Waals surface area contributed by atoms with E-state index in [1.54, 1.807) is 0 Å². The van der Waals surface area contributed by atoms with Gasteiger partial charge in [0.1, 0.15) is 5.83 Å². The van der Waals surface area contributed by atoms with Crippen LogP contribution in [0.2, 0.25) is 0 Å². The number of hydrogen-bond acceptors (Lipinski definition) is 1. The van der Waals surface area contributed by atoms with Crippen molar-refractivity contribution in [1.82, 2.24) is 0 Å². The Bertz CT molecular complexity index is 174. The molecular formula is C6H7F2N. The van der Waals surface area contributed by atoms with Gasteiger partial charge in [-0.25, -0.2) is 8.78 Å². The Hall–Kier alpha value is -0.860. The Labute approximate surface area is 51.8 Å². The first kappa shape index (κ1) is 6.26. The van der Waals surface area contributed by atoms with Crippen molar-refractivity contribution in [2.45, 2.75) is 12.1 Å². The molecule has 0 heterocycles. The highest BCUT2D eigenvalue weighted by molar-refractivity contribution is 5.37. The fourth-order valence-corrected chi connectivity index (χ4v) is 0.561. The topological polar surface area (TPSA) is 26.0 Å². The molecule has 0 aromatic heterocycles. The van der Waals surface area contributed by atoms with E-state index in [2.05, 4.69) is 0 Å². The van der Waals surface area contributed by atoms with Gasteiger partial charge in [0.25, 0.3) is 0 Å². The lowest BCUT2D eigenvalue weighted by Crippen LogP contribution is -2.01. The number of nitrogens with two attached hydrogens (primary N) is 1. The van der Waals surface area contributed by atoms with E-state index in [1.165, 1.54) is 12.3 Å². The minimum Gasteiger partial charge on any atom is -0.405 e. The van der Waals surface area contributed by atoms with Gasteiger partial charge in [-0.2, -0.15) is 0 Å². The summed E-state index contributed by atoms with van der Waals surface area (Å²) in [4.78, 5) is 0. The predicted octanol–water partition coefficient (Wildman–Crippen LogP) is 1.42. The van der Waals surface area contributed by atoms with E-state index >= 15 is 0 Å². The molecule has 0 saturated carbocycles. The summed E-state index contributed by atoms with van der Waals surface area (Å²) in [6, 6.07) is 0. The van der Waals surface area contributed by atoms with Crippen molar-refractivity contribution in [2.24, 2.45) is 5.73 Å². The number of hydrogen-bond donors (Lipinski definition) is 1. The van der Waals surface area contributed by atoms with Gasteiger partial charge in [-0.3, -0.25) is 0 Å². The summed E-state index contributed by atoms with van der Waals surface area (Å²) >= 11 is 0. The average molecular weight is 131 g/mol. The Kier molecular flexibility index (Phi) is 1.27. The maximum atomic E-state index is 12.5. The van der Waals surface area contributed by atoms with Crippen LogP contribution >= 0.6 is 0 Å². The first-order valence-corrected chi connectivity index (χ1v) is 2.63. The van der Waals surface area contributed by atoms with Crippen molar-refractivity contribution < 1.29 is 8.78 Å². The van der Waals surface area contributed by atoms with Gasteiger partial charge in [-0.05, 0) is 12.3 Å². The summed E-state index contributed by atoms with van der Waals surface area (Å²) in [5, 5.41) is 0. The highest BCUT2D eigenvalue weighted by Gasteiger charge is 2.44. The Morgan fingerprint density at radius 3 is 2.67 bits per heavy atom. The van der Waals surface area contributed by atoms with Crippen LogP contribution in [-0.2, 0) is 0 Å². The number of allylic oxidation sites excluding steroid dienone is 3. The van der Waals surface area contributed by atoms with E-state index in [0.717, 1.165) is 6.08 Å². The lowest BCUT2D eigenvalue weighted by molar-refractivity contribution is 0.305. The van der Waals surface area contributed by atoms with Gasteiger partial charge in [-0.1, -0.05) is 6.08 Å². The van der Waals surface area contributed by atoms with E-state index in [9.17, 15) is 8.78 Å². The highest BCUT2D eigenvalue weighted by Crippen LogP contribution is 2.42. The van der Waals surface area contributed by atoms with Gasteiger partial charge in [-0.15, -0.1) is 0 Å². The van der Waals surface area contributed by atoms with Crippen molar-refractivity contribution in [2.75, 3.05) is 0 Å². The van der Waals surface area contributed by atoms with Crippen LogP contribution in [0.5, 0.6) is 0 Å². The van der Waals surface area contributed by atoms with E-state index in [-0.39, 0.29) is 6.42 Å². The van der Waals surface area contributed by atoms with Crippen LogP contribution in [0.25, 0.3) is 0 Å². The largest absolute Gasteiger partial charge is 0.405 e. The first-order chi connectivity index (χ1) is 4.19. The monoisotopic (exact) mass is 131 g/mol. The van der Waals surface area contributed by atoms with E-state index in [0.29, 0.717) is 0 Å². The summed E-state index contributed by atoms with van der Waals surface area (Å²) in [7, 11) is 0. The van der Waals surface area contributed by atoms with E-state index in [1.807, 2.05) is 0 Å². The lowest BCUT2D eigenvalue weighted by Gasteiger charge is -1.97. The maximum Gasteiger partial charge on any atom is 0.186 e. The van der Waals surface area contributed by atoms with Crippen molar-refractivity contribution in [3.63, 3.8) is 0 Å². The molecule has 0 amide bonds. The van der Waals surface area contributed by atoms with Crippen LogP contribution in [-0.4, -0.2) is 5.67 Å². The third-order valence-electron chi connectivity index (χ3n) is 1.22. The molecule has 1 unspecified atom stereocenters. The minimum absolute atomic E-state index is 0.0231. The second-order valence-electron chi connectivity index (χ2n) is 1.99. The van der Waals surface area contributed by atoms with Crippen LogP contribution in [0.15, 0.2) is 24.2 Å². The van der Waals surface area contributed by atoms with E-state index < -0.39 is 11.5 Å². The number of halogens is 2. The summed E-state index contributed by atoms with van der Waals surface area (Å²) in [6.07, 6.45) is 3.56. The second-order valence-corrected chi connectivity index (χ2v) is 1.99. The molecule has 0 fully saturated rings. The second kappa shape index (κ2) is 1.83. The molecule has 0 aromatic carbocycles. The number of alkyl halides is 1. The standard InChI is InChI=1S/C6H7F2N/c7-5-4-6(5,8)2-1-3-9/h1,3-4H,2,9H2/b3-1-. The molecule has 1 atom stereocenters. The van der Waals surface area contributed by atoms with Crippen molar-refractivity contribution in [3.05, 3.63) is 24.2 Å². The molecule has 0 aliphatic heterocycles. The van der Waals surface area contributed by atoms with Crippen LogP contribution in [0, 0.1) is 0 Å². The van der Waals surface area contributed by atoms with Gasteiger partial charge < -0.3 is 5.73 Å². The maximum absolute atomic E-state index is 12.5. The third-order valence-corrected chi connectivity index (χ3v) is 1.22. The minimum atomic E-state index is -1.78. The third kappa shape index (κ3) is 1.09. The number of rotatable bonds is 2. The predicted molar refractivity (Wildman–Crippen MR) is 31.0 cm³/mol. The molecule has 0 radical (unpaired) electrons. The molecule has 1 aliphatic rings. The van der Waals surface area contributed by atoms with E-state index in [4.69, 9.17) is 5.73 Å². The Balaban J connectivity index is 2.31. The van der Waals surface area contributed by atoms with Crippen LogP contribution in [0.4, 0.5) is 8.78 Å². The fraction of sp³-hybridized carbons (Fsp3) is 0.333. The average Bonchev–Trinajstić information content (AvgIpc) is 2.38. The Morgan fingerprint density at radius 1 is 1.78 bits per heavy atom. The zero-order valence-corrected chi connectivity index (χ0v) is 4.77. The SMILES string of the molecule is N/C=C\CC1(F)C=C1F. The molecule has 0 saturated heterocycles. The molecule has 0 bridgehead atoms. The van der Waals surface area contributed by atoms with Crippen molar-refractivity contribution >= 4 is 0 Å². The van der Waals surface area contributed by atoms with Gasteiger partial charge in [0.15, 0.2) is 5.67 Å². The van der Waals surface area contributed by atoms with Crippen LogP contribution < -0.4 is 5.73 Å². The fourth-order valence-electron chi connectivity index (χ4n) is 0.561. The van der Waals surface area contributed by atoms with Gasteiger partial charge in [0.05, 0.1) is 0 Å². The summed E-state index contributed by atoms with van der Waals surface area (Å²) < 4.78 is 24.4. The van der Waals surface area contributed by atoms with Crippen molar-refractivity contribution in [3.8, 4) is 0 Å². The van der Waals surface area contributed by atoms with Gasteiger partial charge in [0.2, 0.25) is 0 Å². The normalized spacial score (nSPS) is 32.9.